The number of fused-ring (bicyclic) bond motifs is 3. The summed E-state index contributed by atoms with van der Waals surface area (Å²) in [6, 6.07) is 1.94. The number of anilines is 1. The van der Waals surface area contributed by atoms with Crippen molar-refractivity contribution in [1.82, 2.24) is 14.6 Å². The first-order valence-corrected chi connectivity index (χ1v) is 5.66. The van der Waals surface area contributed by atoms with Crippen LogP contribution in [0.3, 0.4) is 0 Å². The van der Waals surface area contributed by atoms with Crippen LogP contribution in [0.15, 0.2) is 18.5 Å². The molecule has 16 heavy (non-hydrogen) atoms. The van der Waals surface area contributed by atoms with E-state index in [1.165, 1.54) is 11.4 Å². The SMILES string of the molecule is CC(C)(C)N1CCc2cnc3ccnn3c21. The minimum Gasteiger partial charge on any atom is -0.351 e. The van der Waals surface area contributed by atoms with E-state index < -0.39 is 0 Å². The van der Waals surface area contributed by atoms with E-state index in [1.54, 1.807) is 0 Å². The zero-order chi connectivity index (χ0) is 11.3. The van der Waals surface area contributed by atoms with Crippen molar-refractivity contribution >= 4 is 11.5 Å². The average molecular weight is 216 g/mol. The summed E-state index contributed by atoms with van der Waals surface area (Å²) >= 11 is 0. The van der Waals surface area contributed by atoms with Gasteiger partial charge in [0.25, 0.3) is 0 Å². The van der Waals surface area contributed by atoms with Crippen molar-refractivity contribution in [3.63, 3.8) is 0 Å². The molecule has 1 aliphatic rings. The largest absolute Gasteiger partial charge is 0.351 e. The molecule has 0 fully saturated rings. The van der Waals surface area contributed by atoms with Crippen LogP contribution in [0.1, 0.15) is 26.3 Å². The summed E-state index contributed by atoms with van der Waals surface area (Å²) in [5.41, 5.74) is 2.35. The summed E-state index contributed by atoms with van der Waals surface area (Å²) in [7, 11) is 0. The number of hydrogen-bond donors (Lipinski definition) is 0. The van der Waals surface area contributed by atoms with Crippen LogP contribution in [0.4, 0.5) is 5.82 Å². The van der Waals surface area contributed by atoms with Gasteiger partial charge >= 0.3 is 0 Å². The summed E-state index contributed by atoms with van der Waals surface area (Å²) in [5.74, 6) is 1.21. The maximum absolute atomic E-state index is 4.40. The lowest BCUT2D eigenvalue weighted by atomic mass is 10.1. The molecule has 2 aromatic heterocycles. The molecule has 0 aromatic carbocycles. The Kier molecular flexibility index (Phi) is 1.79. The quantitative estimate of drug-likeness (QED) is 0.674. The second-order valence-electron chi connectivity index (χ2n) is 5.28. The van der Waals surface area contributed by atoms with Gasteiger partial charge in [-0.2, -0.15) is 9.61 Å². The summed E-state index contributed by atoms with van der Waals surface area (Å²) in [4.78, 5) is 6.81. The van der Waals surface area contributed by atoms with Crippen LogP contribution in [-0.4, -0.2) is 26.7 Å². The molecule has 0 aliphatic carbocycles. The molecule has 4 nitrogen and oxygen atoms in total. The zero-order valence-electron chi connectivity index (χ0n) is 9.94. The molecule has 0 N–H and O–H groups in total. The maximum Gasteiger partial charge on any atom is 0.157 e. The number of aromatic nitrogens is 3. The molecule has 0 saturated carbocycles. The minimum absolute atomic E-state index is 0.130. The third kappa shape index (κ3) is 1.22. The molecule has 0 bridgehead atoms. The monoisotopic (exact) mass is 216 g/mol. The van der Waals surface area contributed by atoms with Gasteiger partial charge in [-0.15, -0.1) is 0 Å². The fourth-order valence-corrected chi connectivity index (χ4v) is 2.35. The van der Waals surface area contributed by atoms with Crippen molar-refractivity contribution in [3.05, 3.63) is 24.0 Å². The topological polar surface area (TPSA) is 33.4 Å². The van der Waals surface area contributed by atoms with E-state index in [1.807, 2.05) is 23.0 Å². The lowest BCUT2D eigenvalue weighted by Gasteiger charge is -2.34. The Bertz CT molecular complexity index is 535. The molecule has 3 heterocycles. The fourth-order valence-electron chi connectivity index (χ4n) is 2.35. The Balaban J connectivity index is 2.26. The molecule has 3 rings (SSSR count). The standard InChI is InChI=1S/C12H16N4/c1-12(2,3)15-7-5-9-8-13-10-4-6-14-16(10)11(9)15/h4,6,8H,5,7H2,1-3H3. The van der Waals surface area contributed by atoms with Gasteiger partial charge < -0.3 is 4.90 Å². The van der Waals surface area contributed by atoms with E-state index in [9.17, 15) is 0 Å². The van der Waals surface area contributed by atoms with E-state index in [0.29, 0.717) is 0 Å². The molecule has 1 aliphatic heterocycles. The van der Waals surface area contributed by atoms with E-state index in [4.69, 9.17) is 0 Å². The van der Waals surface area contributed by atoms with Gasteiger partial charge in [-0.05, 0) is 27.2 Å². The Morgan fingerprint density at radius 2 is 2.12 bits per heavy atom. The average Bonchev–Trinajstić information content (AvgIpc) is 2.81. The van der Waals surface area contributed by atoms with Gasteiger partial charge in [0.1, 0.15) is 5.82 Å². The van der Waals surface area contributed by atoms with Crippen LogP contribution in [0.25, 0.3) is 5.65 Å². The predicted octanol–water partition coefficient (Wildman–Crippen LogP) is 1.89. The Morgan fingerprint density at radius 1 is 1.31 bits per heavy atom. The molecule has 0 spiro atoms. The molecule has 0 atom stereocenters. The molecule has 2 aromatic rings. The molecule has 84 valence electrons. The van der Waals surface area contributed by atoms with Crippen molar-refractivity contribution in [1.29, 1.82) is 0 Å². The summed E-state index contributed by atoms with van der Waals surface area (Å²) < 4.78 is 1.95. The van der Waals surface area contributed by atoms with Gasteiger partial charge in [0, 0.05) is 29.9 Å². The normalized spacial score (nSPS) is 15.8. The van der Waals surface area contributed by atoms with Crippen molar-refractivity contribution in [2.75, 3.05) is 11.4 Å². The second kappa shape index (κ2) is 2.97. The maximum atomic E-state index is 4.40. The van der Waals surface area contributed by atoms with Crippen LogP contribution in [0.5, 0.6) is 0 Å². The molecular weight excluding hydrogens is 200 g/mol. The van der Waals surface area contributed by atoms with Gasteiger partial charge in [-0.25, -0.2) is 4.98 Å². The van der Waals surface area contributed by atoms with Crippen LogP contribution < -0.4 is 4.90 Å². The highest BCUT2D eigenvalue weighted by Crippen LogP contribution is 2.32. The summed E-state index contributed by atoms with van der Waals surface area (Å²) in [6.45, 7) is 7.76. The highest BCUT2D eigenvalue weighted by Gasteiger charge is 2.31. The lowest BCUT2D eigenvalue weighted by molar-refractivity contribution is 0.510. The summed E-state index contributed by atoms with van der Waals surface area (Å²) in [5, 5.41) is 4.37. The molecule has 0 saturated heterocycles. The highest BCUT2D eigenvalue weighted by molar-refractivity contribution is 5.58. The first kappa shape index (κ1) is 9.63. The Morgan fingerprint density at radius 3 is 2.88 bits per heavy atom. The minimum atomic E-state index is 0.130. The van der Waals surface area contributed by atoms with Gasteiger partial charge in [-0.1, -0.05) is 0 Å². The molecule has 0 radical (unpaired) electrons. The van der Waals surface area contributed by atoms with Gasteiger partial charge in [0.05, 0.1) is 6.20 Å². The molecule has 0 unspecified atom stereocenters. The van der Waals surface area contributed by atoms with Crippen LogP contribution in [0.2, 0.25) is 0 Å². The number of rotatable bonds is 0. The Labute approximate surface area is 94.9 Å². The van der Waals surface area contributed by atoms with Gasteiger partial charge in [0.15, 0.2) is 5.65 Å². The fraction of sp³-hybridized carbons (Fsp3) is 0.500. The van der Waals surface area contributed by atoms with Crippen LogP contribution in [-0.2, 0) is 6.42 Å². The molecule has 4 heteroatoms. The van der Waals surface area contributed by atoms with E-state index in [2.05, 4.69) is 35.8 Å². The van der Waals surface area contributed by atoms with Gasteiger partial charge in [0.2, 0.25) is 0 Å². The Hall–Kier alpha value is -1.58. The molecular formula is C12H16N4. The van der Waals surface area contributed by atoms with E-state index in [-0.39, 0.29) is 5.54 Å². The van der Waals surface area contributed by atoms with Crippen LogP contribution in [0, 0.1) is 0 Å². The van der Waals surface area contributed by atoms with E-state index >= 15 is 0 Å². The smallest absolute Gasteiger partial charge is 0.157 e. The third-order valence-electron chi connectivity index (χ3n) is 3.13. The second-order valence-corrected chi connectivity index (χ2v) is 5.28. The van der Waals surface area contributed by atoms with Gasteiger partial charge in [-0.3, -0.25) is 0 Å². The van der Waals surface area contributed by atoms with E-state index in [0.717, 1.165) is 18.6 Å². The van der Waals surface area contributed by atoms with Crippen LogP contribution >= 0.6 is 0 Å². The summed E-state index contributed by atoms with van der Waals surface area (Å²) in [6.07, 6.45) is 4.86. The number of nitrogens with zero attached hydrogens (tertiary/aromatic N) is 4. The first-order chi connectivity index (χ1) is 7.57. The first-order valence-electron chi connectivity index (χ1n) is 5.66. The lowest BCUT2D eigenvalue weighted by Crippen LogP contribution is -2.41. The highest BCUT2D eigenvalue weighted by atomic mass is 15.4. The number of hydrogen-bond acceptors (Lipinski definition) is 3. The molecule has 0 amide bonds. The van der Waals surface area contributed by atoms with Crippen molar-refractivity contribution < 1.29 is 0 Å². The predicted molar refractivity (Wildman–Crippen MR) is 63.8 cm³/mol. The zero-order valence-corrected chi connectivity index (χ0v) is 9.94. The van der Waals surface area contributed by atoms with Crippen molar-refractivity contribution in [2.24, 2.45) is 0 Å². The third-order valence-corrected chi connectivity index (χ3v) is 3.13. The van der Waals surface area contributed by atoms with Crippen molar-refractivity contribution in [3.8, 4) is 0 Å². The van der Waals surface area contributed by atoms with Crippen molar-refractivity contribution in [2.45, 2.75) is 32.7 Å².